The molecule has 0 spiro atoms. The largest absolute Gasteiger partial charge is 0.482 e. The van der Waals surface area contributed by atoms with E-state index < -0.39 is 42.3 Å². The van der Waals surface area contributed by atoms with E-state index in [4.69, 9.17) is 13.9 Å². The molecular formula is C19H22N2O7. The first-order valence-corrected chi connectivity index (χ1v) is 8.48. The number of aryl methyl sites for hydroxylation is 1. The van der Waals surface area contributed by atoms with E-state index in [1.165, 1.54) is 12.1 Å². The highest BCUT2D eigenvalue weighted by Crippen LogP contribution is 2.22. The van der Waals surface area contributed by atoms with Crippen molar-refractivity contribution in [2.24, 2.45) is 0 Å². The fourth-order valence-electron chi connectivity index (χ4n) is 2.26. The molecule has 0 aliphatic heterocycles. The highest BCUT2D eigenvalue weighted by atomic mass is 16.6. The summed E-state index contributed by atoms with van der Waals surface area (Å²) < 4.78 is 15.1. The van der Waals surface area contributed by atoms with E-state index in [9.17, 15) is 19.2 Å². The molecule has 9 heteroatoms. The Morgan fingerprint density at radius 1 is 1.11 bits per heavy atom. The highest BCUT2D eigenvalue weighted by Gasteiger charge is 2.16. The Labute approximate surface area is 161 Å². The van der Waals surface area contributed by atoms with Crippen LogP contribution in [0.2, 0.25) is 0 Å². The maximum Gasteiger partial charge on any atom is 0.344 e. The standard InChI is InChI=1S/C19H22N2O7/c1-11-7-16(23)28-14-8-12(5-6-13(11)14)26-10-17(24)27-9-15(22)20-18(25)21-19(2,3)4/h5-8H,9-10H2,1-4H3,(H2,20,21,22,25). The van der Waals surface area contributed by atoms with Crippen LogP contribution in [0.4, 0.5) is 4.79 Å². The number of hydrogen-bond acceptors (Lipinski definition) is 7. The van der Waals surface area contributed by atoms with Gasteiger partial charge in [0.2, 0.25) is 0 Å². The van der Waals surface area contributed by atoms with Gasteiger partial charge in [-0.15, -0.1) is 0 Å². The molecule has 28 heavy (non-hydrogen) atoms. The first-order valence-electron chi connectivity index (χ1n) is 8.48. The maximum atomic E-state index is 11.7. The van der Waals surface area contributed by atoms with E-state index in [1.54, 1.807) is 39.8 Å². The van der Waals surface area contributed by atoms with Crippen molar-refractivity contribution in [3.63, 3.8) is 0 Å². The van der Waals surface area contributed by atoms with E-state index >= 15 is 0 Å². The van der Waals surface area contributed by atoms with Crippen LogP contribution in [0, 0.1) is 6.92 Å². The quantitative estimate of drug-likeness (QED) is 0.587. The number of benzene rings is 1. The lowest BCUT2D eigenvalue weighted by Crippen LogP contribution is -2.49. The Morgan fingerprint density at radius 2 is 1.82 bits per heavy atom. The van der Waals surface area contributed by atoms with Crippen molar-refractivity contribution in [3.05, 3.63) is 40.2 Å². The molecule has 1 aromatic carbocycles. The number of carbonyl (C=O) groups excluding carboxylic acids is 3. The maximum absolute atomic E-state index is 11.7. The summed E-state index contributed by atoms with van der Waals surface area (Å²) >= 11 is 0. The molecule has 0 bridgehead atoms. The molecule has 9 nitrogen and oxygen atoms in total. The number of nitrogens with one attached hydrogen (secondary N) is 2. The molecule has 0 atom stereocenters. The second kappa shape index (κ2) is 8.55. The third-order valence-corrected chi connectivity index (χ3v) is 3.39. The summed E-state index contributed by atoms with van der Waals surface area (Å²) in [7, 11) is 0. The predicted octanol–water partition coefficient (Wildman–Crippen LogP) is 1.65. The molecule has 0 saturated heterocycles. The number of imide groups is 1. The van der Waals surface area contributed by atoms with Gasteiger partial charge in [0.25, 0.3) is 5.91 Å². The number of carbonyl (C=O) groups is 3. The molecule has 0 radical (unpaired) electrons. The van der Waals surface area contributed by atoms with Gasteiger partial charge in [-0.25, -0.2) is 14.4 Å². The van der Waals surface area contributed by atoms with Crippen molar-refractivity contribution in [2.45, 2.75) is 33.2 Å². The number of urea groups is 1. The Bertz CT molecular complexity index is 957. The van der Waals surface area contributed by atoms with E-state index in [2.05, 4.69) is 5.32 Å². The molecule has 0 aliphatic carbocycles. The van der Waals surface area contributed by atoms with Crippen LogP contribution in [-0.4, -0.2) is 36.7 Å². The molecule has 0 saturated carbocycles. The average molecular weight is 390 g/mol. The van der Waals surface area contributed by atoms with Crippen molar-refractivity contribution in [2.75, 3.05) is 13.2 Å². The third-order valence-electron chi connectivity index (χ3n) is 3.39. The third kappa shape index (κ3) is 6.42. The molecule has 3 amide bonds. The number of fused-ring (bicyclic) bond motifs is 1. The van der Waals surface area contributed by atoms with Gasteiger partial charge in [-0.05, 0) is 45.4 Å². The summed E-state index contributed by atoms with van der Waals surface area (Å²) in [6, 6.07) is 5.51. The van der Waals surface area contributed by atoms with Crippen LogP contribution in [0.5, 0.6) is 5.75 Å². The lowest BCUT2D eigenvalue weighted by atomic mass is 10.1. The highest BCUT2D eigenvalue weighted by molar-refractivity contribution is 5.95. The lowest BCUT2D eigenvalue weighted by molar-refractivity contribution is -0.150. The fraction of sp³-hybridized carbons (Fsp3) is 0.368. The topological polar surface area (TPSA) is 124 Å². The molecule has 1 heterocycles. The van der Waals surface area contributed by atoms with Crippen molar-refractivity contribution in [1.82, 2.24) is 10.6 Å². The Hall–Kier alpha value is -3.36. The van der Waals surface area contributed by atoms with Gasteiger partial charge in [-0.3, -0.25) is 10.1 Å². The molecule has 2 rings (SSSR count). The van der Waals surface area contributed by atoms with Crippen molar-refractivity contribution in [3.8, 4) is 5.75 Å². The number of amides is 3. The van der Waals surface area contributed by atoms with Gasteiger partial charge in [0.1, 0.15) is 11.3 Å². The Balaban J connectivity index is 1.82. The van der Waals surface area contributed by atoms with Crippen LogP contribution < -0.4 is 21.0 Å². The first kappa shape index (κ1) is 20.9. The summed E-state index contributed by atoms with van der Waals surface area (Å²) in [5.41, 5.74) is 0.105. The van der Waals surface area contributed by atoms with E-state index in [1.807, 2.05) is 5.32 Å². The van der Waals surface area contributed by atoms with Crippen LogP contribution in [0.25, 0.3) is 11.0 Å². The summed E-state index contributed by atoms with van der Waals surface area (Å²) in [6.07, 6.45) is 0. The van der Waals surface area contributed by atoms with Gasteiger partial charge < -0.3 is 19.2 Å². The minimum Gasteiger partial charge on any atom is -0.482 e. The van der Waals surface area contributed by atoms with Crippen LogP contribution in [-0.2, 0) is 14.3 Å². The number of ether oxygens (including phenoxy) is 2. The second-order valence-electron chi connectivity index (χ2n) is 7.11. The van der Waals surface area contributed by atoms with Gasteiger partial charge in [-0.1, -0.05) is 0 Å². The molecule has 150 valence electrons. The zero-order valence-electron chi connectivity index (χ0n) is 16.1. The minimum absolute atomic E-state index is 0.298. The predicted molar refractivity (Wildman–Crippen MR) is 100 cm³/mol. The summed E-state index contributed by atoms with van der Waals surface area (Å²) in [6.45, 7) is 5.98. The number of esters is 1. The first-order chi connectivity index (χ1) is 13.0. The van der Waals surface area contributed by atoms with Gasteiger partial charge in [0.05, 0.1) is 0 Å². The van der Waals surface area contributed by atoms with Crippen LogP contribution in [0.3, 0.4) is 0 Å². The molecule has 2 N–H and O–H groups in total. The van der Waals surface area contributed by atoms with E-state index in [-0.39, 0.29) is 0 Å². The van der Waals surface area contributed by atoms with Crippen molar-refractivity contribution in [1.29, 1.82) is 0 Å². The number of hydrogen-bond donors (Lipinski definition) is 2. The molecule has 0 unspecified atom stereocenters. The molecule has 1 aromatic heterocycles. The Morgan fingerprint density at radius 3 is 2.50 bits per heavy atom. The smallest absolute Gasteiger partial charge is 0.344 e. The average Bonchev–Trinajstić information content (AvgIpc) is 2.55. The second-order valence-corrected chi connectivity index (χ2v) is 7.11. The summed E-state index contributed by atoms with van der Waals surface area (Å²) in [5.74, 6) is -1.26. The van der Waals surface area contributed by atoms with Crippen molar-refractivity contribution >= 4 is 28.9 Å². The van der Waals surface area contributed by atoms with Crippen LogP contribution in [0.1, 0.15) is 26.3 Å². The Kier molecular flexibility index (Phi) is 6.40. The van der Waals surface area contributed by atoms with Gasteiger partial charge in [-0.2, -0.15) is 0 Å². The SMILES string of the molecule is Cc1cc(=O)oc2cc(OCC(=O)OCC(=O)NC(=O)NC(C)(C)C)ccc12. The molecule has 0 aliphatic rings. The monoisotopic (exact) mass is 390 g/mol. The number of rotatable bonds is 5. The normalized spacial score (nSPS) is 11.0. The summed E-state index contributed by atoms with van der Waals surface area (Å²) in [4.78, 5) is 46.3. The lowest BCUT2D eigenvalue weighted by Gasteiger charge is -2.20. The van der Waals surface area contributed by atoms with Gasteiger partial charge in [0, 0.05) is 23.1 Å². The summed E-state index contributed by atoms with van der Waals surface area (Å²) in [5, 5.41) is 5.34. The van der Waals surface area contributed by atoms with Crippen LogP contribution in [0.15, 0.2) is 33.5 Å². The van der Waals surface area contributed by atoms with E-state index in [0.717, 1.165) is 10.9 Å². The van der Waals surface area contributed by atoms with Gasteiger partial charge in [0.15, 0.2) is 13.2 Å². The van der Waals surface area contributed by atoms with Crippen LogP contribution >= 0.6 is 0 Å². The minimum atomic E-state index is -0.794. The molecule has 0 fully saturated rings. The zero-order chi connectivity index (χ0) is 20.9. The molecule has 2 aromatic rings. The van der Waals surface area contributed by atoms with E-state index in [0.29, 0.717) is 11.3 Å². The fourth-order valence-corrected chi connectivity index (χ4v) is 2.26. The van der Waals surface area contributed by atoms with Gasteiger partial charge >= 0.3 is 17.6 Å². The van der Waals surface area contributed by atoms with Crippen molar-refractivity contribution < 1.29 is 28.3 Å². The zero-order valence-corrected chi connectivity index (χ0v) is 16.1. The molecular weight excluding hydrogens is 368 g/mol.